The van der Waals surface area contributed by atoms with Crippen molar-refractivity contribution in [3.05, 3.63) is 0 Å². The van der Waals surface area contributed by atoms with Crippen molar-refractivity contribution >= 4 is 5.91 Å². The van der Waals surface area contributed by atoms with Gasteiger partial charge in [0.2, 0.25) is 5.91 Å². The molecule has 1 unspecified atom stereocenters. The molecule has 0 saturated carbocycles. The normalized spacial score (nSPS) is 21.6. The van der Waals surface area contributed by atoms with Gasteiger partial charge in [0.25, 0.3) is 0 Å². The lowest BCUT2D eigenvalue weighted by Crippen LogP contribution is -2.37. The Labute approximate surface area is 85.6 Å². The largest absolute Gasteiger partial charge is 0.383 e. The van der Waals surface area contributed by atoms with E-state index >= 15 is 0 Å². The van der Waals surface area contributed by atoms with Crippen molar-refractivity contribution in [2.75, 3.05) is 39.9 Å². The maximum atomic E-state index is 11.6. The summed E-state index contributed by atoms with van der Waals surface area (Å²) in [6.07, 6.45) is 1.14. The summed E-state index contributed by atoms with van der Waals surface area (Å²) in [5, 5.41) is 3.06. The van der Waals surface area contributed by atoms with Gasteiger partial charge in [0.05, 0.1) is 13.2 Å². The van der Waals surface area contributed by atoms with Gasteiger partial charge < -0.3 is 15.0 Å². The number of ether oxygens (including phenoxy) is 1. The zero-order chi connectivity index (χ0) is 10.4. The number of nitrogens with zero attached hydrogens (tertiary/aromatic N) is 1. The minimum absolute atomic E-state index is 0.213. The van der Waals surface area contributed by atoms with E-state index in [2.05, 4.69) is 12.2 Å². The van der Waals surface area contributed by atoms with Gasteiger partial charge in [0.15, 0.2) is 0 Å². The van der Waals surface area contributed by atoms with E-state index < -0.39 is 0 Å². The lowest BCUT2D eigenvalue weighted by Gasteiger charge is -2.15. The second kappa shape index (κ2) is 5.98. The van der Waals surface area contributed by atoms with Gasteiger partial charge in [0, 0.05) is 26.7 Å². The van der Waals surface area contributed by atoms with Crippen molar-refractivity contribution in [1.82, 2.24) is 10.2 Å². The van der Waals surface area contributed by atoms with E-state index in [9.17, 15) is 4.79 Å². The fraction of sp³-hybridized carbons (Fsp3) is 0.900. The van der Waals surface area contributed by atoms with Crippen molar-refractivity contribution < 1.29 is 9.53 Å². The fourth-order valence-electron chi connectivity index (χ4n) is 1.64. The Morgan fingerprint density at radius 2 is 2.43 bits per heavy atom. The molecule has 4 heteroatoms. The molecule has 4 nitrogen and oxygen atoms in total. The number of hydrogen-bond donors (Lipinski definition) is 1. The average molecular weight is 200 g/mol. The van der Waals surface area contributed by atoms with Gasteiger partial charge in [0.1, 0.15) is 0 Å². The Kier molecular flexibility index (Phi) is 4.90. The van der Waals surface area contributed by atoms with Gasteiger partial charge >= 0.3 is 0 Å². The number of likely N-dealkylation sites (tertiary alicyclic amines) is 1. The highest BCUT2D eigenvalue weighted by atomic mass is 16.5. The predicted octanol–water partition coefficient (Wildman–Crippen LogP) is 0.0908. The van der Waals surface area contributed by atoms with Crippen molar-refractivity contribution in [3.8, 4) is 0 Å². The zero-order valence-electron chi connectivity index (χ0n) is 9.08. The predicted molar refractivity (Wildman–Crippen MR) is 55.1 cm³/mol. The summed E-state index contributed by atoms with van der Waals surface area (Å²) >= 11 is 0. The van der Waals surface area contributed by atoms with Crippen molar-refractivity contribution in [3.63, 3.8) is 0 Å². The average Bonchev–Trinajstić information content (AvgIpc) is 2.59. The van der Waals surface area contributed by atoms with Crippen molar-refractivity contribution in [2.24, 2.45) is 5.92 Å². The van der Waals surface area contributed by atoms with Crippen LogP contribution in [0, 0.1) is 5.92 Å². The molecule has 0 bridgehead atoms. The first-order chi connectivity index (χ1) is 6.74. The first kappa shape index (κ1) is 11.5. The minimum atomic E-state index is 0.213. The van der Waals surface area contributed by atoms with Crippen molar-refractivity contribution in [1.29, 1.82) is 0 Å². The highest BCUT2D eigenvalue weighted by molar-refractivity contribution is 5.78. The van der Waals surface area contributed by atoms with Crippen LogP contribution in [-0.2, 0) is 9.53 Å². The molecule has 0 aromatic carbocycles. The minimum Gasteiger partial charge on any atom is -0.383 e. The Bertz CT molecular complexity index is 185. The van der Waals surface area contributed by atoms with E-state index in [1.54, 1.807) is 7.11 Å². The van der Waals surface area contributed by atoms with Gasteiger partial charge in [-0.05, 0) is 12.3 Å². The number of methoxy groups -OCH3 is 1. The van der Waals surface area contributed by atoms with Crippen LogP contribution in [0.15, 0.2) is 0 Å². The molecule has 1 N–H and O–H groups in total. The van der Waals surface area contributed by atoms with Gasteiger partial charge in [-0.1, -0.05) is 6.92 Å². The summed E-state index contributed by atoms with van der Waals surface area (Å²) in [5.41, 5.74) is 0. The molecular weight excluding hydrogens is 180 g/mol. The third-order valence-electron chi connectivity index (χ3n) is 2.54. The molecule has 1 aliphatic heterocycles. The molecule has 1 saturated heterocycles. The van der Waals surface area contributed by atoms with E-state index in [1.807, 2.05) is 4.90 Å². The van der Waals surface area contributed by atoms with Crippen LogP contribution < -0.4 is 5.32 Å². The molecule has 0 aromatic heterocycles. The second-order valence-electron chi connectivity index (χ2n) is 3.90. The zero-order valence-corrected chi connectivity index (χ0v) is 9.08. The fourth-order valence-corrected chi connectivity index (χ4v) is 1.64. The number of amides is 1. The number of carbonyl (C=O) groups is 1. The van der Waals surface area contributed by atoms with Crippen LogP contribution in [0.1, 0.15) is 13.3 Å². The second-order valence-corrected chi connectivity index (χ2v) is 3.90. The Balaban J connectivity index is 2.09. The topological polar surface area (TPSA) is 41.6 Å². The standard InChI is InChI=1S/C10H20N2O2/c1-9-3-5-12(8-9)10(13)7-11-4-6-14-2/h9,11H,3-8H2,1-2H3. The summed E-state index contributed by atoms with van der Waals surface area (Å²) in [5.74, 6) is 0.878. The number of rotatable bonds is 5. The quantitative estimate of drug-likeness (QED) is 0.640. The van der Waals surface area contributed by atoms with E-state index in [1.165, 1.54) is 0 Å². The Morgan fingerprint density at radius 3 is 3.00 bits per heavy atom. The summed E-state index contributed by atoms with van der Waals surface area (Å²) in [4.78, 5) is 13.5. The molecule has 1 atom stereocenters. The van der Waals surface area contributed by atoms with Gasteiger partial charge in [-0.15, -0.1) is 0 Å². The summed E-state index contributed by atoms with van der Waals surface area (Å²) in [6, 6.07) is 0. The molecule has 1 fully saturated rings. The first-order valence-electron chi connectivity index (χ1n) is 5.21. The number of hydrogen-bond acceptors (Lipinski definition) is 3. The molecule has 1 amide bonds. The van der Waals surface area contributed by atoms with Gasteiger partial charge in [-0.3, -0.25) is 4.79 Å². The molecular formula is C10H20N2O2. The number of carbonyl (C=O) groups excluding carboxylic acids is 1. The SMILES string of the molecule is COCCNCC(=O)N1CCC(C)C1. The summed E-state index contributed by atoms with van der Waals surface area (Å²) in [7, 11) is 1.66. The van der Waals surface area contributed by atoms with Crippen LogP contribution in [0.4, 0.5) is 0 Å². The highest BCUT2D eigenvalue weighted by Gasteiger charge is 2.22. The van der Waals surface area contributed by atoms with Crippen LogP contribution in [0.25, 0.3) is 0 Å². The molecule has 82 valence electrons. The maximum Gasteiger partial charge on any atom is 0.236 e. The Hall–Kier alpha value is -0.610. The van der Waals surface area contributed by atoms with Crippen LogP contribution in [-0.4, -0.2) is 50.7 Å². The van der Waals surface area contributed by atoms with Crippen LogP contribution >= 0.6 is 0 Å². The molecule has 14 heavy (non-hydrogen) atoms. The third-order valence-corrected chi connectivity index (χ3v) is 2.54. The summed E-state index contributed by atoms with van der Waals surface area (Å²) in [6.45, 7) is 5.87. The van der Waals surface area contributed by atoms with Crippen LogP contribution in [0.2, 0.25) is 0 Å². The van der Waals surface area contributed by atoms with E-state index in [0.29, 0.717) is 19.1 Å². The highest BCUT2D eigenvalue weighted by Crippen LogP contribution is 2.14. The third kappa shape index (κ3) is 3.64. The van der Waals surface area contributed by atoms with Crippen LogP contribution in [0.5, 0.6) is 0 Å². The van der Waals surface area contributed by atoms with Crippen LogP contribution in [0.3, 0.4) is 0 Å². The van der Waals surface area contributed by atoms with Gasteiger partial charge in [-0.25, -0.2) is 0 Å². The van der Waals surface area contributed by atoms with Crippen molar-refractivity contribution in [2.45, 2.75) is 13.3 Å². The smallest absolute Gasteiger partial charge is 0.236 e. The first-order valence-corrected chi connectivity index (χ1v) is 5.21. The van der Waals surface area contributed by atoms with E-state index in [0.717, 1.165) is 26.1 Å². The molecule has 0 aliphatic carbocycles. The molecule has 1 heterocycles. The van der Waals surface area contributed by atoms with Gasteiger partial charge in [-0.2, -0.15) is 0 Å². The number of nitrogens with one attached hydrogen (secondary N) is 1. The maximum absolute atomic E-state index is 11.6. The lowest BCUT2D eigenvalue weighted by molar-refractivity contribution is -0.129. The molecule has 0 aromatic rings. The molecule has 0 spiro atoms. The van der Waals surface area contributed by atoms with E-state index in [-0.39, 0.29) is 5.91 Å². The van der Waals surface area contributed by atoms with E-state index in [4.69, 9.17) is 4.74 Å². The molecule has 0 radical (unpaired) electrons. The Morgan fingerprint density at radius 1 is 1.64 bits per heavy atom. The monoisotopic (exact) mass is 200 g/mol. The molecule has 1 rings (SSSR count). The lowest BCUT2D eigenvalue weighted by atomic mass is 10.2. The molecule has 1 aliphatic rings. The summed E-state index contributed by atoms with van der Waals surface area (Å²) < 4.78 is 4.88.